The molecule has 5 rings (SSSR count). The minimum Gasteiger partial charge on any atom is -0.289 e. The van der Waals surface area contributed by atoms with E-state index in [1.165, 1.54) is 9.80 Å². The van der Waals surface area contributed by atoms with Crippen LogP contribution in [-0.2, 0) is 32.3 Å². The van der Waals surface area contributed by atoms with Crippen LogP contribution in [0.25, 0.3) is 0 Å². The van der Waals surface area contributed by atoms with Crippen molar-refractivity contribution in [3.63, 3.8) is 0 Å². The van der Waals surface area contributed by atoms with Gasteiger partial charge in [0.2, 0.25) is 23.6 Å². The van der Waals surface area contributed by atoms with Crippen molar-refractivity contribution in [1.82, 2.24) is 19.6 Å². The number of hydrogen-bond donors (Lipinski definition) is 0. The summed E-state index contributed by atoms with van der Waals surface area (Å²) in [6, 6.07) is 18.1. The number of hydrogen-bond acceptors (Lipinski definition) is 6. The van der Waals surface area contributed by atoms with Crippen molar-refractivity contribution >= 4 is 23.6 Å². The monoisotopic (exact) mass is 460 g/mol. The van der Waals surface area contributed by atoms with Crippen molar-refractivity contribution in [2.24, 2.45) is 0 Å². The van der Waals surface area contributed by atoms with Crippen LogP contribution in [0.15, 0.2) is 60.7 Å². The maximum atomic E-state index is 13.0. The fourth-order valence-corrected chi connectivity index (χ4v) is 5.13. The highest BCUT2D eigenvalue weighted by Crippen LogP contribution is 2.26. The smallest absolute Gasteiger partial charge is 0.247 e. The van der Waals surface area contributed by atoms with Gasteiger partial charge < -0.3 is 0 Å². The standard InChI is InChI=1S/C26H28N4O4/c31-23-15-21(25(33)29(23)17-19-7-3-1-4-8-19)27-11-13-28(14-12-27)22-16-24(32)30(26(22)34)18-20-9-5-2-6-10-20/h1-10,21-22H,11-18H2/t21-,22-/m1/s1. The number of carbonyl (C=O) groups is 4. The molecule has 8 nitrogen and oxygen atoms in total. The van der Waals surface area contributed by atoms with E-state index >= 15 is 0 Å². The second kappa shape index (κ2) is 9.48. The maximum Gasteiger partial charge on any atom is 0.247 e. The molecule has 3 fully saturated rings. The summed E-state index contributed by atoms with van der Waals surface area (Å²) in [4.78, 5) is 57.9. The van der Waals surface area contributed by atoms with E-state index in [0.717, 1.165) is 11.1 Å². The SMILES string of the molecule is O=C1C[C@@H](N2CCN([C@@H]3CC(=O)N(Cc4ccccc4)C3=O)CC2)C(=O)N1Cc1ccccc1. The number of carbonyl (C=O) groups excluding carboxylic acids is 4. The molecule has 2 aromatic rings. The highest BCUT2D eigenvalue weighted by atomic mass is 16.2. The Morgan fingerprint density at radius 2 is 0.912 bits per heavy atom. The van der Waals surface area contributed by atoms with Crippen LogP contribution in [0, 0.1) is 0 Å². The second-order valence-electron chi connectivity index (χ2n) is 9.12. The molecule has 3 saturated heterocycles. The Labute approximate surface area is 198 Å². The predicted molar refractivity (Wildman–Crippen MR) is 124 cm³/mol. The van der Waals surface area contributed by atoms with Gasteiger partial charge in [-0.05, 0) is 11.1 Å². The van der Waals surface area contributed by atoms with Crippen molar-refractivity contribution in [3.8, 4) is 0 Å². The molecule has 0 radical (unpaired) electrons. The van der Waals surface area contributed by atoms with E-state index in [1.54, 1.807) is 0 Å². The molecule has 0 spiro atoms. The molecular weight excluding hydrogens is 432 g/mol. The lowest BCUT2D eigenvalue weighted by atomic mass is 10.1. The molecule has 3 aliphatic rings. The van der Waals surface area contributed by atoms with Gasteiger partial charge in [-0.15, -0.1) is 0 Å². The van der Waals surface area contributed by atoms with Crippen LogP contribution in [0.4, 0.5) is 0 Å². The molecule has 0 unspecified atom stereocenters. The lowest BCUT2D eigenvalue weighted by Crippen LogP contribution is -2.56. The molecule has 0 N–H and O–H groups in total. The summed E-state index contributed by atoms with van der Waals surface area (Å²) in [5.74, 6) is -0.587. The van der Waals surface area contributed by atoms with Gasteiger partial charge in [-0.3, -0.25) is 38.8 Å². The fourth-order valence-electron chi connectivity index (χ4n) is 5.13. The number of rotatable bonds is 6. The van der Waals surface area contributed by atoms with Crippen LogP contribution >= 0.6 is 0 Å². The van der Waals surface area contributed by atoms with E-state index in [0.29, 0.717) is 39.3 Å². The summed E-state index contributed by atoms with van der Waals surface area (Å²) in [7, 11) is 0. The molecule has 4 amide bonds. The van der Waals surface area contributed by atoms with Crippen molar-refractivity contribution in [1.29, 1.82) is 0 Å². The molecular formula is C26H28N4O4. The summed E-state index contributed by atoms with van der Waals surface area (Å²) in [5.41, 5.74) is 1.86. The zero-order valence-electron chi connectivity index (χ0n) is 19.0. The van der Waals surface area contributed by atoms with Gasteiger partial charge in [-0.2, -0.15) is 0 Å². The average Bonchev–Trinajstić information content (AvgIpc) is 3.30. The Morgan fingerprint density at radius 1 is 0.559 bits per heavy atom. The van der Waals surface area contributed by atoms with E-state index in [-0.39, 0.29) is 36.5 Å². The zero-order chi connectivity index (χ0) is 23.7. The number of amides is 4. The molecule has 3 heterocycles. The molecule has 0 bridgehead atoms. The van der Waals surface area contributed by atoms with Crippen molar-refractivity contribution in [2.75, 3.05) is 26.2 Å². The first-order chi connectivity index (χ1) is 16.5. The van der Waals surface area contributed by atoms with Crippen LogP contribution in [0.3, 0.4) is 0 Å². The van der Waals surface area contributed by atoms with E-state index in [1.807, 2.05) is 70.5 Å². The molecule has 0 saturated carbocycles. The number of benzene rings is 2. The van der Waals surface area contributed by atoms with Crippen molar-refractivity contribution in [3.05, 3.63) is 71.8 Å². The van der Waals surface area contributed by atoms with Crippen LogP contribution in [0.1, 0.15) is 24.0 Å². The quantitative estimate of drug-likeness (QED) is 0.604. The normalized spacial score (nSPS) is 24.5. The van der Waals surface area contributed by atoms with E-state index in [9.17, 15) is 19.2 Å². The second-order valence-corrected chi connectivity index (χ2v) is 9.12. The number of nitrogens with zero attached hydrogens (tertiary/aromatic N) is 4. The highest BCUT2D eigenvalue weighted by molar-refractivity contribution is 6.06. The van der Waals surface area contributed by atoms with Gasteiger partial charge in [-0.1, -0.05) is 60.7 Å². The van der Waals surface area contributed by atoms with Crippen molar-refractivity contribution in [2.45, 2.75) is 38.0 Å². The van der Waals surface area contributed by atoms with E-state index < -0.39 is 12.1 Å². The Bertz CT molecular complexity index is 995. The first-order valence-corrected chi connectivity index (χ1v) is 11.8. The van der Waals surface area contributed by atoms with E-state index in [2.05, 4.69) is 0 Å². The maximum absolute atomic E-state index is 13.0. The fraction of sp³-hybridized carbons (Fsp3) is 0.385. The minimum absolute atomic E-state index is 0.144. The summed E-state index contributed by atoms with van der Waals surface area (Å²) in [6.45, 7) is 2.92. The number of likely N-dealkylation sites (tertiary alicyclic amines) is 2. The molecule has 2 atom stereocenters. The van der Waals surface area contributed by atoms with Gasteiger partial charge in [0.15, 0.2) is 0 Å². The third-order valence-electron chi connectivity index (χ3n) is 7.04. The van der Waals surface area contributed by atoms with Gasteiger partial charge in [0.25, 0.3) is 0 Å². The summed E-state index contributed by atoms with van der Waals surface area (Å²) >= 11 is 0. The average molecular weight is 461 g/mol. The molecule has 2 aromatic carbocycles. The first kappa shape index (κ1) is 22.4. The lowest BCUT2D eigenvalue weighted by molar-refractivity contribution is -0.143. The topological polar surface area (TPSA) is 81.2 Å². The van der Waals surface area contributed by atoms with Gasteiger partial charge >= 0.3 is 0 Å². The van der Waals surface area contributed by atoms with Gasteiger partial charge in [0, 0.05) is 26.2 Å². The molecule has 3 aliphatic heterocycles. The molecule has 34 heavy (non-hydrogen) atoms. The van der Waals surface area contributed by atoms with Crippen LogP contribution in [0.2, 0.25) is 0 Å². The molecule has 176 valence electrons. The summed E-state index contributed by atoms with van der Waals surface area (Å²) in [5, 5.41) is 0. The van der Waals surface area contributed by atoms with Gasteiger partial charge in [0.05, 0.1) is 38.0 Å². The summed E-state index contributed by atoms with van der Waals surface area (Å²) in [6.07, 6.45) is 0.384. The largest absolute Gasteiger partial charge is 0.289 e. The Morgan fingerprint density at radius 3 is 1.26 bits per heavy atom. The van der Waals surface area contributed by atoms with Gasteiger partial charge in [0.1, 0.15) is 0 Å². The van der Waals surface area contributed by atoms with Crippen LogP contribution in [-0.4, -0.2) is 81.5 Å². The number of piperazine rings is 1. The zero-order valence-corrected chi connectivity index (χ0v) is 19.0. The Kier molecular flexibility index (Phi) is 6.26. The van der Waals surface area contributed by atoms with Crippen LogP contribution < -0.4 is 0 Å². The molecule has 8 heteroatoms. The Hall–Kier alpha value is -3.36. The predicted octanol–water partition coefficient (Wildman–Crippen LogP) is 1.26. The van der Waals surface area contributed by atoms with Gasteiger partial charge in [-0.25, -0.2) is 0 Å². The number of imide groups is 2. The van der Waals surface area contributed by atoms with Crippen molar-refractivity contribution < 1.29 is 19.2 Å². The lowest BCUT2D eigenvalue weighted by Gasteiger charge is -2.38. The third kappa shape index (κ3) is 4.38. The van der Waals surface area contributed by atoms with E-state index in [4.69, 9.17) is 0 Å². The van der Waals surface area contributed by atoms with Crippen LogP contribution in [0.5, 0.6) is 0 Å². The Balaban J connectivity index is 1.17. The third-order valence-corrected chi connectivity index (χ3v) is 7.04. The summed E-state index contributed by atoms with van der Waals surface area (Å²) < 4.78 is 0. The first-order valence-electron chi connectivity index (χ1n) is 11.8. The molecule has 0 aromatic heterocycles. The highest BCUT2D eigenvalue weighted by Gasteiger charge is 2.45. The minimum atomic E-state index is -0.450. The molecule has 0 aliphatic carbocycles.